The number of Topliss-reactive ketones (excluding diaryl/α,β-unsaturated/α-hetero) is 1. The van der Waals surface area contributed by atoms with Crippen molar-refractivity contribution < 1.29 is 33.3 Å². The van der Waals surface area contributed by atoms with Crippen LogP contribution in [-0.2, 0) is 19.1 Å². The van der Waals surface area contributed by atoms with Crippen molar-refractivity contribution in [3.8, 4) is 11.5 Å². The van der Waals surface area contributed by atoms with Crippen LogP contribution >= 0.6 is 11.6 Å². The summed E-state index contributed by atoms with van der Waals surface area (Å²) in [6.07, 6.45) is 2.28. The molecule has 3 atom stereocenters. The lowest BCUT2D eigenvalue weighted by molar-refractivity contribution is -0.142. The average Bonchev–Trinajstić information content (AvgIpc) is 3.43. The maximum absolute atomic E-state index is 13.8. The van der Waals surface area contributed by atoms with Gasteiger partial charge in [-0.15, -0.1) is 0 Å². The molecule has 39 heavy (non-hydrogen) atoms. The van der Waals surface area contributed by atoms with E-state index in [1.54, 1.807) is 38.1 Å². The summed E-state index contributed by atoms with van der Waals surface area (Å²) in [5.74, 6) is -2.00. The largest absolute Gasteiger partial charge is 0.503 e. The number of phenols is 1. The van der Waals surface area contributed by atoms with Crippen molar-refractivity contribution in [1.29, 1.82) is 0 Å². The van der Waals surface area contributed by atoms with Crippen molar-refractivity contribution in [3.63, 3.8) is 0 Å². The van der Waals surface area contributed by atoms with E-state index in [1.165, 1.54) is 12.1 Å². The lowest BCUT2D eigenvalue weighted by Gasteiger charge is -2.37. The van der Waals surface area contributed by atoms with Crippen LogP contribution in [0.5, 0.6) is 11.5 Å². The van der Waals surface area contributed by atoms with Gasteiger partial charge < -0.3 is 24.6 Å². The summed E-state index contributed by atoms with van der Waals surface area (Å²) in [4.78, 5) is 27.3. The Bertz CT molecular complexity index is 1350. The maximum Gasteiger partial charge on any atom is 0.336 e. The second kappa shape index (κ2) is 11.4. The Labute approximate surface area is 231 Å². The predicted molar refractivity (Wildman–Crippen MR) is 143 cm³/mol. The second-order valence-corrected chi connectivity index (χ2v) is 10.5. The number of allylic oxidation sites excluding steroid dienone is 3. The van der Waals surface area contributed by atoms with E-state index in [1.807, 2.05) is 0 Å². The minimum atomic E-state index is -0.780. The highest BCUT2D eigenvalue weighted by molar-refractivity contribution is 6.32. The first-order valence-electron chi connectivity index (χ1n) is 13.2. The van der Waals surface area contributed by atoms with Gasteiger partial charge in [-0.25, -0.2) is 9.18 Å². The van der Waals surface area contributed by atoms with E-state index in [-0.39, 0.29) is 59.8 Å². The van der Waals surface area contributed by atoms with E-state index < -0.39 is 11.9 Å². The van der Waals surface area contributed by atoms with Crippen LogP contribution < -0.4 is 10.1 Å². The molecule has 2 aromatic carbocycles. The van der Waals surface area contributed by atoms with Crippen molar-refractivity contribution in [2.45, 2.75) is 57.5 Å². The Hall–Kier alpha value is -3.36. The molecule has 206 valence electrons. The number of halogens is 2. The molecule has 1 fully saturated rings. The summed E-state index contributed by atoms with van der Waals surface area (Å²) >= 11 is 6.39. The molecule has 0 radical (unpaired) electrons. The van der Waals surface area contributed by atoms with Gasteiger partial charge >= 0.3 is 5.97 Å². The van der Waals surface area contributed by atoms with Crippen LogP contribution in [0.15, 0.2) is 58.9 Å². The molecule has 0 spiro atoms. The summed E-state index contributed by atoms with van der Waals surface area (Å²) in [5, 5.41) is 13.8. The van der Waals surface area contributed by atoms with E-state index in [0.29, 0.717) is 41.1 Å². The molecule has 0 bridgehead atoms. The first kappa shape index (κ1) is 27.2. The molecule has 0 amide bonds. The van der Waals surface area contributed by atoms with Gasteiger partial charge in [0.25, 0.3) is 0 Å². The molecule has 5 rings (SSSR count). The van der Waals surface area contributed by atoms with Crippen LogP contribution in [0.1, 0.15) is 62.5 Å². The van der Waals surface area contributed by atoms with Crippen LogP contribution in [0.3, 0.4) is 0 Å². The topological polar surface area (TPSA) is 94.1 Å². The number of esters is 1. The fourth-order valence-corrected chi connectivity index (χ4v) is 5.88. The van der Waals surface area contributed by atoms with Crippen LogP contribution in [0.25, 0.3) is 0 Å². The van der Waals surface area contributed by atoms with Crippen molar-refractivity contribution in [1.82, 2.24) is 5.32 Å². The molecule has 2 aliphatic heterocycles. The number of carbonyl (C=O) groups is 2. The van der Waals surface area contributed by atoms with Gasteiger partial charge in [0.2, 0.25) is 0 Å². The first-order chi connectivity index (χ1) is 18.8. The second-order valence-electron chi connectivity index (χ2n) is 10.1. The Kier molecular flexibility index (Phi) is 7.96. The van der Waals surface area contributed by atoms with Crippen molar-refractivity contribution >= 4 is 23.4 Å². The molecule has 2 N–H and O–H groups in total. The smallest absolute Gasteiger partial charge is 0.336 e. The van der Waals surface area contributed by atoms with Gasteiger partial charge in [-0.3, -0.25) is 4.79 Å². The number of rotatable bonds is 7. The lowest BCUT2D eigenvalue weighted by Crippen LogP contribution is -2.36. The molecular formula is C30H31ClFNO6. The minimum absolute atomic E-state index is 0.0498. The minimum Gasteiger partial charge on any atom is -0.503 e. The number of carbonyl (C=O) groups excluding carboxylic acids is 2. The molecule has 2 heterocycles. The zero-order valence-corrected chi connectivity index (χ0v) is 22.6. The molecule has 2 aromatic rings. The number of nitrogens with one attached hydrogen (secondary N) is 1. The highest BCUT2D eigenvalue weighted by atomic mass is 35.5. The molecule has 3 aliphatic rings. The normalized spacial score (nSPS) is 23.0. The number of ether oxygens (including phenoxy) is 3. The number of aromatic hydroxyl groups is 1. The van der Waals surface area contributed by atoms with Crippen LogP contribution in [0.4, 0.5) is 4.39 Å². The van der Waals surface area contributed by atoms with Crippen LogP contribution in [-0.4, -0.2) is 42.8 Å². The van der Waals surface area contributed by atoms with E-state index >= 15 is 0 Å². The Morgan fingerprint density at radius 3 is 2.67 bits per heavy atom. The molecule has 0 aromatic heterocycles. The number of dihydropyridines is 1. The van der Waals surface area contributed by atoms with E-state index in [2.05, 4.69) is 5.32 Å². The van der Waals surface area contributed by atoms with E-state index in [0.717, 1.165) is 18.4 Å². The van der Waals surface area contributed by atoms with E-state index in [4.69, 9.17) is 25.8 Å². The highest BCUT2D eigenvalue weighted by Gasteiger charge is 2.42. The number of hydrogen-bond acceptors (Lipinski definition) is 7. The van der Waals surface area contributed by atoms with Crippen molar-refractivity contribution in [2.75, 3.05) is 19.8 Å². The molecular weight excluding hydrogens is 525 g/mol. The van der Waals surface area contributed by atoms with Crippen molar-refractivity contribution in [3.05, 3.63) is 80.9 Å². The molecule has 7 nitrogen and oxygen atoms in total. The van der Waals surface area contributed by atoms with Gasteiger partial charge in [0.05, 0.1) is 23.3 Å². The molecule has 1 aliphatic carbocycles. The number of ketones is 1. The standard InChI is InChI=1S/C30H31ClFNO6/c1-3-37-25-14-19(11-22(31)29(25)35)27-26(30(36)39-15-21-5-4-10-38-21)16(2)33-23-12-18(13-24(34)28(23)27)17-6-8-20(32)9-7-17/h6-9,11,14,18,21,27,33,35H,3-5,10,12-13,15H2,1-2H3/t18-,21-,27+/m0/s1. The summed E-state index contributed by atoms with van der Waals surface area (Å²) in [7, 11) is 0. The van der Waals surface area contributed by atoms with E-state index in [9.17, 15) is 19.1 Å². The molecule has 1 saturated heterocycles. The zero-order valence-electron chi connectivity index (χ0n) is 21.9. The molecule has 0 unspecified atom stereocenters. The third-order valence-corrected chi connectivity index (χ3v) is 7.79. The third-order valence-electron chi connectivity index (χ3n) is 7.50. The monoisotopic (exact) mass is 555 g/mol. The maximum atomic E-state index is 13.8. The SMILES string of the molecule is CCOc1cc([C@@H]2C(C(=O)OC[C@@H]3CCCO3)=C(C)NC3=C2C(=O)C[C@@H](c2ccc(F)cc2)C3)cc(Cl)c1O. The Morgan fingerprint density at radius 2 is 1.97 bits per heavy atom. The lowest BCUT2D eigenvalue weighted by atomic mass is 9.71. The van der Waals surface area contributed by atoms with Gasteiger partial charge in [0.1, 0.15) is 12.4 Å². The van der Waals surface area contributed by atoms with Gasteiger partial charge in [-0.1, -0.05) is 23.7 Å². The van der Waals surface area contributed by atoms with Crippen LogP contribution in [0.2, 0.25) is 5.02 Å². The number of benzene rings is 2. The van der Waals surface area contributed by atoms with Gasteiger partial charge in [-0.2, -0.15) is 0 Å². The van der Waals surface area contributed by atoms with Gasteiger partial charge in [0.15, 0.2) is 17.3 Å². The summed E-state index contributed by atoms with van der Waals surface area (Å²) in [6.45, 7) is 4.60. The predicted octanol–water partition coefficient (Wildman–Crippen LogP) is 5.67. The Balaban J connectivity index is 1.56. The van der Waals surface area contributed by atoms with Gasteiger partial charge in [-0.05, 0) is 74.4 Å². The average molecular weight is 556 g/mol. The molecule has 9 heteroatoms. The number of hydrogen-bond donors (Lipinski definition) is 2. The summed E-state index contributed by atoms with van der Waals surface area (Å²) < 4.78 is 30.4. The highest BCUT2D eigenvalue weighted by Crippen LogP contribution is 2.48. The number of phenolic OH excluding ortho intramolecular Hbond substituents is 1. The molecule has 0 saturated carbocycles. The summed E-state index contributed by atoms with van der Waals surface area (Å²) in [6, 6.07) is 9.35. The quantitative estimate of drug-likeness (QED) is 0.425. The fourth-order valence-electron chi connectivity index (χ4n) is 5.66. The fraction of sp³-hybridized carbons (Fsp3) is 0.400. The van der Waals surface area contributed by atoms with Crippen molar-refractivity contribution in [2.24, 2.45) is 0 Å². The summed E-state index contributed by atoms with van der Waals surface area (Å²) in [5.41, 5.74) is 3.40. The van der Waals surface area contributed by atoms with Gasteiger partial charge in [0, 0.05) is 35.9 Å². The Morgan fingerprint density at radius 1 is 1.21 bits per heavy atom. The first-order valence-corrected chi connectivity index (χ1v) is 13.6. The third kappa shape index (κ3) is 5.54. The zero-order chi connectivity index (χ0) is 27.7. The van der Waals surface area contributed by atoms with Crippen LogP contribution in [0, 0.1) is 5.82 Å².